The van der Waals surface area contributed by atoms with Crippen molar-refractivity contribution >= 4 is 40.0 Å². The third-order valence-corrected chi connectivity index (χ3v) is 6.44. The number of methoxy groups -OCH3 is 1. The average molecular weight is 395 g/mol. The molecule has 0 aliphatic carbocycles. The van der Waals surface area contributed by atoms with E-state index < -0.39 is 16.0 Å². The van der Waals surface area contributed by atoms with Gasteiger partial charge in [0.2, 0.25) is 10.0 Å². The number of benzene rings is 1. The fourth-order valence-electron chi connectivity index (χ4n) is 3.40. The van der Waals surface area contributed by atoms with E-state index in [9.17, 15) is 13.2 Å². The summed E-state index contributed by atoms with van der Waals surface area (Å²) in [6, 6.07) is 4.74. The van der Waals surface area contributed by atoms with Crippen molar-refractivity contribution in [2.45, 2.75) is 48.7 Å². The minimum absolute atomic E-state index is 0. The number of hydrogen-bond donors (Lipinski definition) is 2. The smallest absolute Gasteiger partial charge is 0.337 e. The van der Waals surface area contributed by atoms with Crippen LogP contribution in [0.5, 0.6) is 0 Å². The lowest BCUT2D eigenvalue weighted by Gasteiger charge is -2.29. The van der Waals surface area contributed by atoms with Gasteiger partial charge in [0.05, 0.1) is 17.7 Å². The monoisotopic (exact) mass is 394 g/mol. The van der Waals surface area contributed by atoms with E-state index in [0.29, 0.717) is 12.1 Å². The molecule has 6 nitrogen and oxygen atoms in total. The summed E-state index contributed by atoms with van der Waals surface area (Å²) in [5.74, 6) is -0.557. The van der Waals surface area contributed by atoms with Crippen LogP contribution in [0.15, 0.2) is 23.1 Å². The maximum Gasteiger partial charge on any atom is 0.337 e. The van der Waals surface area contributed by atoms with Gasteiger partial charge < -0.3 is 10.1 Å². The van der Waals surface area contributed by atoms with Gasteiger partial charge in [0.1, 0.15) is 4.90 Å². The first-order valence-corrected chi connectivity index (χ1v) is 9.41. The molecule has 2 unspecified atom stereocenters. The lowest BCUT2D eigenvalue weighted by molar-refractivity contribution is 0.0600. The van der Waals surface area contributed by atoms with Gasteiger partial charge in [0, 0.05) is 18.1 Å². The molecule has 2 bridgehead atoms. The van der Waals surface area contributed by atoms with Gasteiger partial charge in [-0.15, -0.1) is 12.4 Å². The predicted octanol–water partition coefficient (Wildman–Crippen LogP) is 2.11. The van der Waals surface area contributed by atoms with E-state index in [1.807, 2.05) is 0 Å². The quantitative estimate of drug-likeness (QED) is 0.763. The summed E-state index contributed by atoms with van der Waals surface area (Å²) in [6.45, 7) is 0. The SMILES string of the molecule is COC(=O)c1ccc(S(=O)(=O)NC2CC3CCC(C2)N3)c(Cl)c1.Cl. The maximum atomic E-state index is 12.6. The number of nitrogens with one attached hydrogen (secondary N) is 2. The molecule has 0 spiro atoms. The molecule has 0 amide bonds. The largest absolute Gasteiger partial charge is 0.465 e. The zero-order valence-electron chi connectivity index (χ0n) is 13.1. The standard InChI is InChI=1S/C15H19ClN2O4S.ClH/c1-22-15(19)9-2-5-14(13(16)6-9)23(20,21)18-12-7-10-3-4-11(8-12)17-10;/h2,5-6,10-12,17-18H,3-4,7-8H2,1H3;1H. The van der Waals surface area contributed by atoms with E-state index in [-0.39, 0.29) is 33.9 Å². The Morgan fingerprint density at radius 1 is 1.29 bits per heavy atom. The highest BCUT2D eigenvalue weighted by Crippen LogP contribution is 2.29. The Hall–Kier alpha value is -0.860. The Balaban J connectivity index is 0.00000208. The third-order valence-electron chi connectivity index (χ3n) is 4.44. The van der Waals surface area contributed by atoms with Crippen molar-refractivity contribution in [1.29, 1.82) is 0 Å². The Labute approximate surface area is 152 Å². The van der Waals surface area contributed by atoms with Crippen molar-refractivity contribution in [2.75, 3.05) is 7.11 Å². The molecule has 0 radical (unpaired) electrons. The molecule has 3 rings (SSSR count). The molecule has 1 aromatic carbocycles. The summed E-state index contributed by atoms with van der Waals surface area (Å²) < 4.78 is 32.5. The topological polar surface area (TPSA) is 84.5 Å². The molecule has 24 heavy (non-hydrogen) atoms. The summed E-state index contributed by atoms with van der Waals surface area (Å²) in [5.41, 5.74) is 0.219. The van der Waals surface area contributed by atoms with Gasteiger partial charge in [-0.25, -0.2) is 17.9 Å². The lowest BCUT2D eigenvalue weighted by Crippen LogP contribution is -2.47. The van der Waals surface area contributed by atoms with E-state index in [2.05, 4.69) is 14.8 Å². The summed E-state index contributed by atoms with van der Waals surface area (Å²) in [5, 5.41) is 3.48. The first-order chi connectivity index (χ1) is 10.9. The number of carbonyl (C=O) groups is 1. The highest BCUT2D eigenvalue weighted by atomic mass is 35.5. The van der Waals surface area contributed by atoms with E-state index in [0.717, 1.165) is 25.7 Å². The number of sulfonamides is 1. The van der Waals surface area contributed by atoms with Crippen LogP contribution in [0.4, 0.5) is 0 Å². The van der Waals surface area contributed by atoms with Gasteiger partial charge in [0.15, 0.2) is 0 Å². The predicted molar refractivity (Wildman–Crippen MR) is 93.3 cm³/mol. The van der Waals surface area contributed by atoms with Crippen molar-refractivity contribution in [2.24, 2.45) is 0 Å². The Morgan fingerprint density at radius 2 is 1.92 bits per heavy atom. The van der Waals surface area contributed by atoms with Crippen LogP contribution in [0.3, 0.4) is 0 Å². The van der Waals surface area contributed by atoms with Crippen molar-refractivity contribution < 1.29 is 17.9 Å². The van der Waals surface area contributed by atoms with Gasteiger partial charge in [-0.2, -0.15) is 0 Å². The first kappa shape index (κ1) is 19.5. The Bertz CT molecular complexity index is 714. The molecule has 9 heteroatoms. The first-order valence-electron chi connectivity index (χ1n) is 7.55. The molecule has 0 saturated carbocycles. The molecule has 0 aromatic heterocycles. The van der Waals surface area contributed by atoms with Gasteiger partial charge in [-0.05, 0) is 43.9 Å². The van der Waals surface area contributed by atoms with Gasteiger partial charge in [0.25, 0.3) is 0 Å². The minimum atomic E-state index is -3.72. The average Bonchev–Trinajstić information content (AvgIpc) is 2.84. The second-order valence-electron chi connectivity index (χ2n) is 6.06. The van der Waals surface area contributed by atoms with Crippen molar-refractivity contribution in [3.63, 3.8) is 0 Å². The highest BCUT2D eigenvalue weighted by Gasteiger charge is 2.35. The number of carbonyl (C=O) groups excluding carboxylic acids is 1. The van der Waals surface area contributed by atoms with Crippen LogP contribution >= 0.6 is 24.0 Å². The van der Waals surface area contributed by atoms with Crippen molar-refractivity contribution in [3.8, 4) is 0 Å². The fraction of sp³-hybridized carbons (Fsp3) is 0.533. The molecule has 134 valence electrons. The normalized spacial score (nSPS) is 25.8. The van der Waals surface area contributed by atoms with Crippen molar-refractivity contribution in [1.82, 2.24) is 10.0 Å². The van der Waals surface area contributed by atoms with Crippen LogP contribution in [0.1, 0.15) is 36.0 Å². The van der Waals surface area contributed by atoms with Crippen LogP contribution in [0, 0.1) is 0 Å². The molecule has 2 atom stereocenters. The molecule has 2 N–H and O–H groups in total. The van der Waals surface area contributed by atoms with Crippen LogP contribution in [-0.2, 0) is 14.8 Å². The molecular weight excluding hydrogens is 375 g/mol. The van der Waals surface area contributed by atoms with E-state index in [1.54, 1.807) is 0 Å². The zero-order chi connectivity index (χ0) is 16.6. The Kier molecular flexibility index (Phi) is 6.14. The number of ether oxygens (including phenoxy) is 1. The third kappa shape index (κ3) is 4.03. The number of esters is 1. The molecule has 2 fully saturated rings. The summed E-state index contributed by atoms with van der Waals surface area (Å²) in [6.07, 6.45) is 3.76. The number of fused-ring (bicyclic) bond motifs is 2. The maximum absolute atomic E-state index is 12.6. The summed E-state index contributed by atoms with van der Waals surface area (Å²) in [4.78, 5) is 11.5. The second kappa shape index (κ2) is 7.58. The molecule has 1 aromatic rings. The van der Waals surface area contributed by atoms with Gasteiger partial charge >= 0.3 is 5.97 Å². The number of piperidine rings is 1. The number of rotatable bonds is 4. The summed E-state index contributed by atoms with van der Waals surface area (Å²) >= 11 is 6.06. The van der Waals surface area contributed by atoms with Crippen LogP contribution in [0.25, 0.3) is 0 Å². The van der Waals surface area contributed by atoms with Crippen LogP contribution in [0.2, 0.25) is 5.02 Å². The molecule has 2 saturated heterocycles. The van der Waals surface area contributed by atoms with Gasteiger partial charge in [-0.3, -0.25) is 0 Å². The molecule has 2 aliphatic rings. The Morgan fingerprint density at radius 3 is 2.46 bits per heavy atom. The number of halogens is 2. The summed E-state index contributed by atoms with van der Waals surface area (Å²) in [7, 11) is -2.46. The molecule has 2 heterocycles. The lowest BCUT2D eigenvalue weighted by atomic mass is 10.0. The molecular formula is C15H20Cl2N2O4S. The van der Waals surface area contributed by atoms with Gasteiger partial charge in [-0.1, -0.05) is 11.6 Å². The van der Waals surface area contributed by atoms with E-state index in [4.69, 9.17) is 11.6 Å². The minimum Gasteiger partial charge on any atom is -0.465 e. The highest BCUT2D eigenvalue weighted by molar-refractivity contribution is 7.89. The number of hydrogen-bond acceptors (Lipinski definition) is 5. The van der Waals surface area contributed by atoms with Crippen molar-refractivity contribution in [3.05, 3.63) is 28.8 Å². The second-order valence-corrected chi connectivity index (χ2v) is 8.15. The van der Waals surface area contributed by atoms with E-state index in [1.165, 1.54) is 25.3 Å². The fourth-order valence-corrected chi connectivity index (χ4v) is 5.21. The van der Waals surface area contributed by atoms with Crippen LogP contribution < -0.4 is 10.0 Å². The molecule has 2 aliphatic heterocycles. The zero-order valence-corrected chi connectivity index (χ0v) is 15.5. The van der Waals surface area contributed by atoms with E-state index >= 15 is 0 Å². The van der Waals surface area contributed by atoms with Crippen LogP contribution in [-0.4, -0.2) is 39.6 Å².